The van der Waals surface area contributed by atoms with Crippen molar-refractivity contribution in [1.82, 2.24) is 0 Å². The lowest BCUT2D eigenvalue weighted by atomic mass is 9.95. The predicted molar refractivity (Wildman–Crippen MR) is 109 cm³/mol. The average Bonchev–Trinajstić information content (AvgIpc) is 3.12. The average molecular weight is 398 g/mol. The van der Waals surface area contributed by atoms with Gasteiger partial charge in [-0.05, 0) is 43.0 Å². The summed E-state index contributed by atoms with van der Waals surface area (Å²) in [7, 11) is 3.06. The fourth-order valence-corrected chi connectivity index (χ4v) is 3.47. The number of fused-ring (bicyclic) bond motifs is 1. The van der Waals surface area contributed by atoms with Crippen LogP contribution in [-0.4, -0.2) is 38.7 Å². The molecule has 154 valence electrons. The Morgan fingerprint density at radius 1 is 1.00 bits per heavy atom. The fraction of sp³-hybridized carbons (Fsp3) is 0.391. The minimum atomic E-state index is -0.455. The molecule has 0 amide bonds. The van der Waals surface area contributed by atoms with E-state index in [1.165, 1.54) is 14.2 Å². The van der Waals surface area contributed by atoms with Crippen molar-refractivity contribution >= 4 is 11.8 Å². The number of esters is 1. The van der Waals surface area contributed by atoms with Crippen molar-refractivity contribution in [2.75, 3.05) is 20.8 Å². The van der Waals surface area contributed by atoms with Gasteiger partial charge >= 0.3 is 5.97 Å². The molecule has 0 heterocycles. The number of ketones is 1. The van der Waals surface area contributed by atoms with Crippen molar-refractivity contribution in [2.45, 2.75) is 39.2 Å². The molecule has 0 saturated heterocycles. The molecule has 2 aromatic rings. The third kappa shape index (κ3) is 4.21. The first-order valence-corrected chi connectivity index (χ1v) is 9.72. The van der Waals surface area contributed by atoms with Gasteiger partial charge in [0.25, 0.3) is 0 Å². The van der Waals surface area contributed by atoms with Crippen LogP contribution in [0, 0.1) is 0 Å². The van der Waals surface area contributed by atoms with Crippen LogP contribution in [0.1, 0.15) is 42.6 Å². The van der Waals surface area contributed by atoms with Gasteiger partial charge in [0, 0.05) is 17.5 Å². The van der Waals surface area contributed by atoms with Crippen LogP contribution in [0.2, 0.25) is 0 Å². The molecule has 0 N–H and O–H groups in total. The van der Waals surface area contributed by atoms with Crippen LogP contribution >= 0.6 is 0 Å². The van der Waals surface area contributed by atoms with E-state index in [-0.39, 0.29) is 18.5 Å². The Bertz CT molecular complexity index is 918. The number of hydrogen-bond donors (Lipinski definition) is 0. The molecule has 29 heavy (non-hydrogen) atoms. The fourth-order valence-electron chi connectivity index (χ4n) is 3.47. The number of rotatable bonds is 8. The van der Waals surface area contributed by atoms with Gasteiger partial charge in [0.2, 0.25) is 5.75 Å². The van der Waals surface area contributed by atoms with Crippen LogP contribution in [0.5, 0.6) is 17.2 Å². The quantitative estimate of drug-likeness (QED) is 0.620. The molecule has 6 nitrogen and oxygen atoms in total. The molecule has 1 unspecified atom stereocenters. The topological polar surface area (TPSA) is 71.1 Å². The van der Waals surface area contributed by atoms with E-state index in [9.17, 15) is 9.59 Å². The monoisotopic (exact) mass is 398 g/mol. The molecule has 0 aliphatic heterocycles. The molecular weight excluding hydrogens is 372 g/mol. The number of ether oxygens (including phenoxy) is 4. The number of benzene rings is 2. The van der Waals surface area contributed by atoms with E-state index in [2.05, 4.69) is 0 Å². The molecule has 0 bridgehead atoms. The van der Waals surface area contributed by atoms with E-state index in [0.29, 0.717) is 30.1 Å². The highest BCUT2D eigenvalue weighted by molar-refractivity contribution is 6.02. The van der Waals surface area contributed by atoms with E-state index in [0.717, 1.165) is 28.7 Å². The van der Waals surface area contributed by atoms with Gasteiger partial charge in [-0.25, -0.2) is 4.79 Å². The Labute approximate surface area is 170 Å². The Kier molecular flexibility index (Phi) is 6.42. The van der Waals surface area contributed by atoms with Crippen molar-refractivity contribution in [3.05, 3.63) is 41.5 Å². The number of methoxy groups -OCH3 is 2. The highest BCUT2D eigenvalue weighted by Gasteiger charge is 2.26. The van der Waals surface area contributed by atoms with E-state index in [1.54, 1.807) is 6.07 Å². The number of hydrogen-bond acceptors (Lipinski definition) is 6. The lowest BCUT2D eigenvalue weighted by Crippen LogP contribution is -2.20. The number of carbonyl (C=O) groups is 2. The zero-order valence-electron chi connectivity index (χ0n) is 17.2. The van der Waals surface area contributed by atoms with Crippen molar-refractivity contribution in [2.24, 2.45) is 0 Å². The van der Waals surface area contributed by atoms with E-state index >= 15 is 0 Å². The maximum Gasteiger partial charge on any atom is 0.344 e. The number of Topliss-reactive ketones (excluding diaryl/α,β-unsaturated/α-hetero) is 1. The summed E-state index contributed by atoms with van der Waals surface area (Å²) in [5.74, 6) is 0.958. The summed E-state index contributed by atoms with van der Waals surface area (Å²) in [4.78, 5) is 24.3. The second-order valence-electron chi connectivity index (χ2n) is 6.93. The second kappa shape index (κ2) is 8.99. The molecular formula is C23H26O6. The lowest BCUT2D eigenvalue weighted by Gasteiger charge is -2.19. The zero-order valence-corrected chi connectivity index (χ0v) is 17.2. The van der Waals surface area contributed by atoms with E-state index < -0.39 is 5.97 Å². The third-order valence-corrected chi connectivity index (χ3v) is 5.11. The molecule has 6 heteroatoms. The molecule has 3 rings (SSSR count). The summed E-state index contributed by atoms with van der Waals surface area (Å²) in [6, 6.07) is 9.29. The molecule has 1 aliphatic carbocycles. The minimum absolute atomic E-state index is 0.141. The molecule has 0 saturated carbocycles. The van der Waals surface area contributed by atoms with Crippen molar-refractivity contribution < 1.29 is 28.5 Å². The summed E-state index contributed by atoms with van der Waals surface area (Å²) in [5, 5.41) is 0. The summed E-state index contributed by atoms with van der Waals surface area (Å²) >= 11 is 0. The van der Waals surface area contributed by atoms with Crippen LogP contribution in [0.25, 0.3) is 11.1 Å². The maximum absolute atomic E-state index is 12.2. The molecule has 0 radical (unpaired) electrons. The van der Waals surface area contributed by atoms with Gasteiger partial charge in [0.05, 0.1) is 20.3 Å². The van der Waals surface area contributed by atoms with Crippen molar-refractivity contribution in [1.29, 1.82) is 0 Å². The van der Waals surface area contributed by atoms with E-state index in [4.69, 9.17) is 18.9 Å². The van der Waals surface area contributed by atoms with Gasteiger partial charge in [0.1, 0.15) is 0 Å². The maximum atomic E-state index is 12.2. The van der Waals surface area contributed by atoms with Gasteiger partial charge in [0.15, 0.2) is 23.9 Å². The number of carbonyl (C=O) groups excluding carboxylic acids is 2. The van der Waals surface area contributed by atoms with Gasteiger partial charge < -0.3 is 18.9 Å². The summed E-state index contributed by atoms with van der Waals surface area (Å²) < 4.78 is 22.1. The predicted octanol–water partition coefficient (Wildman–Crippen LogP) is 4.22. The molecule has 1 aliphatic rings. The SMILES string of the molecule is CCC(C)OC(=O)COc1c(-c2cccc3c2CCC3=O)ccc(OC)c1OC. The smallest absolute Gasteiger partial charge is 0.344 e. The standard InChI is InChI=1S/C23H26O6/c1-5-14(2)29-21(25)13-28-22-18(10-12-20(26-3)23(22)27-4)15-7-6-8-17-16(15)9-11-19(17)24/h6-8,10,12,14H,5,9,11,13H2,1-4H3. The largest absolute Gasteiger partial charge is 0.493 e. The first-order chi connectivity index (χ1) is 14.0. The Morgan fingerprint density at radius 3 is 2.45 bits per heavy atom. The van der Waals surface area contributed by atoms with Gasteiger partial charge in [-0.1, -0.05) is 25.1 Å². The second-order valence-corrected chi connectivity index (χ2v) is 6.93. The van der Waals surface area contributed by atoms with Gasteiger partial charge in [-0.2, -0.15) is 0 Å². The van der Waals surface area contributed by atoms with Crippen LogP contribution in [0.4, 0.5) is 0 Å². The Hall–Kier alpha value is -3.02. The van der Waals surface area contributed by atoms with Crippen LogP contribution in [0.15, 0.2) is 30.3 Å². The summed E-state index contributed by atoms with van der Waals surface area (Å²) in [5.41, 5.74) is 3.35. The zero-order chi connectivity index (χ0) is 21.0. The lowest BCUT2D eigenvalue weighted by molar-refractivity contribution is -0.150. The van der Waals surface area contributed by atoms with Crippen molar-refractivity contribution in [3.8, 4) is 28.4 Å². The van der Waals surface area contributed by atoms with Gasteiger partial charge in [-0.3, -0.25) is 4.79 Å². The van der Waals surface area contributed by atoms with Crippen LogP contribution in [-0.2, 0) is 16.0 Å². The van der Waals surface area contributed by atoms with Crippen LogP contribution in [0.3, 0.4) is 0 Å². The molecule has 2 aromatic carbocycles. The summed E-state index contributed by atoms with van der Waals surface area (Å²) in [6.07, 6.45) is 1.72. The Balaban J connectivity index is 2.02. The minimum Gasteiger partial charge on any atom is -0.493 e. The molecule has 0 fully saturated rings. The van der Waals surface area contributed by atoms with E-state index in [1.807, 2.05) is 38.1 Å². The summed E-state index contributed by atoms with van der Waals surface area (Å²) in [6.45, 7) is 3.52. The first kappa shape index (κ1) is 20.7. The third-order valence-electron chi connectivity index (χ3n) is 5.11. The normalized spacial score (nSPS) is 13.6. The van der Waals surface area contributed by atoms with Crippen molar-refractivity contribution in [3.63, 3.8) is 0 Å². The van der Waals surface area contributed by atoms with Crippen LogP contribution < -0.4 is 14.2 Å². The highest BCUT2D eigenvalue weighted by atomic mass is 16.6. The molecule has 0 aromatic heterocycles. The highest BCUT2D eigenvalue weighted by Crippen LogP contribution is 2.46. The molecule has 1 atom stereocenters. The first-order valence-electron chi connectivity index (χ1n) is 9.72. The Morgan fingerprint density at radius 2 is 1.76 bits per heavy atom. The molecule has 0 spiro atoms. The van der Waals surface area contributed by atoms with Gasteiger partial charge in [-0.15, -0.1) is 0 Å².